The second-order valence-electron chi connectivity index (χ2n) is 6.67. The Balaban J connectivity index is 1.93. The number of aliphatic hydroxyl groups is 1. The molecule has 2 nitrogen and oxygen atoms in total. The second kappa shape index (κ2) is 4.49. The summed E-state index contributed by atoms with van der Waals surface area (Å²) in [6.07, 6.45) is 8.27. The zero-order valence-electron chi connectivity index (χ0n) is 11.2. The second-order valence-corrected chi connectivity index (χ2v) is 6.67. The van der Waals surface area contributed by atoms with Gasteiger partial charge in [0.2, 0.25) is 0 Å². The first-order valence-corrected chi connectivity index (χ1v) is 6.63. The van der Waals surface area contributed by atoms with Crippen LogP contribution in [0, 0.1) is 11.3 Å². The normalized spacial score (nSPS) is 30.5. The Labute approximate surface area is 104 Å². The Bertz CT molecular complexity index is 337. The number of rotatable bonds is 2. The van der Waals surface area contributed by atoms with Gasteiger partial charge in [-0.3, -0.25) is 0 Å². The first-order chi connectivity index (χ1) is 7.89. The van der Waals surface area contributed by atoms with Gasteiger partial charge in [0.05, 0.1) is 18.1 Å². The molecule has 0 amide bonds. The van der Waals surface area contributed by atoms with E-state index < -0.39 is 5.60 Å². The lowest BCUT2D eigenvalue weighted by Gasteiger charge is -2.41. The highest BCUT2D eigenvalue weighted by molar-refractivity contribution is 5.10. The van der Waals surface area contributed by atoms with Gasteiger partial charge >= 0.3 is 0 Å². The zero-order chi connectivity index (χ0) is 12.5. The quantitative estimate of drug-likeness (QED) is 0.847. The van der Waals surface area contributed by atoms with E-state index >= 15 is 0 Å². The van der Waals surface area contributed by atoms with Crippen molar-refractivity contribution in [1.82, 2.24) is 0 Å². The minimum absolute atomic E-state index is 0.372. The minimum atomic E-state index is -0.508. The van der Waals surface area contributed by atoms with Crippen molar-refractivity contribution >= 4 is 0 Å². The molecule has 0 unspecified atom stereocenters. The summed E-state index contributed by atoms with van der Waals surface area (Å²) in [6, 6.07) is 1.95. The first-order valence-electron chi connectivity index (χ1n) is 6.63. The van der Waals surface area contributed by atoms with Crippen LogP contribution < -0.4 is 0 Å². The van der Waals surface area contributed by atoms with Crippen LogP contribution in [0.5, 0.6) is 0 Å². The molecule has 1 fully saturated rings. The van der Waals surface area contributed by atoms with Crippen molar-refractivity contribution in [2.24, 2.45) is 11.3 Å². The van der Waals surface area contributed by atoms with Crippen molar-refractivity contribution in [2.45, 2.75) is 58.5 Å². The molecule has 96 valence electrons. The predicted octanol–water partition coefficient (Wildman–Crippen LogP) is 3.79. The van der Waals surface area contributed by atoms with Gasteiger partial charge in [0.25, 0.3) is 0 Å². The summed E-state index contributed by atoms with van der Waals surface area (Å²) < 4.78 is 5.07. The molecule has 0 bridgehead atoms. The Morgan fingerprint density at radius 2 is 2.00 bits per heavy atom. The van der Waals surface area contributed by atoms with Gasteiger partial charge in [-0.15, -0.1) is 0 Å². The molecule has 17 heavy (non-hydrogen) atoms. The van der Waals surface area contributed by atoms with E-state index in [1.807, 2.05) is 6.07 Å². The fraction of sp³-hybridized carbons (Fsp3) is 0.733. The summed E-state index contributed by atoms with van der Waals surface area (Å²) in [5.41, 5.74) is 0.976. The van der Waals surface area contributed by atoms with Crippen molar-refractivity contribution in [2.75, 3.05) is 0 Å². The molecule has 0 radical (unpaired) electrons. The molecule has 0 aliphatic heterocycles. The van der Waals surface area contributed by atoms with Gasteiger partial charge in [0, 0.05) is 6.42 Å². The molecule has 1 heterocycles. The Kier molecular flexibility index (Phi) is 3.35. The molecule has 0 atom stereocenters. The number of hydrogen-bond donors (Lipinski definition) is 1. The molecule has 2 rings (SSSR count). The van der Waals surface area contributed by atoms with Crippen LogP contribution in [0.2, 0.25) is 0 Å². The first kappa shape index (κ1) is 12.7. The molecule has 1 aliphatic rings. The largest absolute Gasteiger partial charge is 0.472 e. The van der Waals surface area contributed by atoms with Crippen LogP contribution in [0.3, 0.4) is 0 Å². The third-order valence-corrected chi connectivity index (χ3v) is 4.25. The topological polar surface area (TPSA) is 33.4 Å². The van der Waals surface area contributed by atoms with Crippen molar-refractivity contribution in [1.29, 1.82) is 0 Å². The van der Waals surface area contributed by atoms with E-state index in [-0.39, 0.29) is 0 Å². The van der Waals surface area contributed by atoms with Crippen LogP contribution in [0.4, 0.5) is 0 Å². The summed E-state index contributed by atoms with van der Waals surface area (Å²) in [6.45, 7) is 6.91. The lowest BCUT2D eigenvalue weighted by atomic mass is 9.67. The smallest absolute Gasteiger partial charge is 0.0935 e. The van der Waals surface area contributed by atoms with Crippen molar-refractivity contribution in [3.8, 4) is 0 Å². The van der Waals surface area contributed by atoms with E-state index in [1.165, 1.54) is 0 Å². The van der Waals surface area contributed by atoms with Crippen LogP contribution in [-0.4, -0.2) is 10.7 Å². The standard InChI is InChI=1S/C15H24O2/c1-14(2,3)13-4-7-15(16,8-5-13)10-12-6-9-17-11-12/h6,9,11,13,16H,4-5,7-8,10H2,1-3H3. The van der Waals surface area contributed by atoms with E-state index in [4.69, 9.17) is 4.42 Å². The van der Waals surface area contributed by atoms with Crippen LogP contribution in [-0.2, 0) is 6.42 Å². The zero-order valence-corrected chi connectivity index (χ0v) is 11.2. The SMILES string of the molecule is CC(C)(C)C1CCC(O)(Cc2ccoc2)CC1. The lowest BCUT2D eigenvalue weighted by molar-refractivity contribution is -0.0246. The van der Waals surface area contributed by atoms with Crippen molar-refractivity contribution in [3.05, 3.63) is 24.2 Å². The van der Waals surface area contributed by atoms with E-state index in [0.717, 1.165) is 43.6 Å². The van der Waals surface area contributed by atoms with Crippen LogP contribution >= 0.6 is 0 Å². The van der Waals surface area contributed by atoms with E-state index in [1.54, 1.807) is 12.5 Å². The van der Waals surface area contributed by atoms with Gasteiger partial charge in [-0.25, -0.2) is 0 Å². The molecular formula is C15H24O2. The fourth-order valence-electron chi connectivity index (χ4n) is 2.97. The molecule has 1 aromatic heterocycles. The third-order valence-electron chi connectivity index (χ3n) is 4.25. The van der Waals surface area contributed by atoms with E-state index in [2.05, 4.69) is 20.8 Å². The molecule has 1 N–H and O–H groups in total. The molecule has 0 spiro atoms. The van der Waals surface area contributed by atoms with Crippen LogP contribution in [0.1, 0.15) is 52.0 Å². The molecule has 0 saturated heterocycles. The Morgan fingerprint density at radius 1 is 1.35 bits per heavy atom. The molecule has 2 heteroatoms. The Morgan fingerprint density at radius 3 is 2.47 bits per heavy atom. The van der Waals surface area contributed by atoms with Gasteiger partial charge in [-0.1, -0.05) is 20.8 Å². The van der Waals surface area contributed by atoms with E-state index in [0.29, 0.717) is 5.41 Å². The van der Waals surface area contributed by atoms with Crippen LogP contribution in [0.25, 0.3) is 0 Å². The Hall–Kier alpha value is -0.760. The highest BCUT2D eigenvalue weighted by Crippen LogP contribution is 2.42. The maximum Gasteiger partial charge on any atom is 0.0935 e. The van der Waals surface area contributed by atoms with Gasteiger partial charge in [0.15, 0.2) is 0 Å². The van der Waals surface area contributed by atoms with E-state index in [9.17, 15) is 5.11 Å². The maximum absolute atomic E-state index is 10.6. The monoisotopic (exact) mass is 236 g/mol. The van der Waals surface area contributed by atoms with Crippen LogP contribution in [0.15, 0.2) is 23.0 Å². The van der Waals surface area contributed by atoms with Gasteiger partial charge in [-0.05, 0) is 48.6 Å². The molecule has 1 aliphatic carbocycles. The fourth-order valence-corrected chi connectivity index (χ4v) is 2.97. The lowest BCUT2D eigenvalue weighted by Crippen LogP contribution is -2.39. The summed E-state index contributed by atoms with van der Waals surface area (Å²) in [5.74, 6) is 0.743. The summed E-state index contributed by atoms with van der Waals surface area (Å²) in [4.78, 5) is 0. The summed E-state index contributed by atoms with van der Waals surface area (Å²) >= 11 is 0. The minimum Gasteiger partial charge on any atom is -0.472 e. The highest BCUT2D eigenvalue weighted by Gasteiger charge is 2.37. The highest BCUT2D eigenvalue weighted by atomic mass is 16.3. The van der Waals surface area contributed by atoms with Gasteiger partial charge < -0.3 is 9.52 Å². The van der Waals surface area contributed by atoms with Gasteiger partial charge in [-0.2, -0.15) is 0 Å². The van der Waals surface area contributed by atoms with Crippen molar-refractivity contribution in [3.63, 3.8) is 0 Å². The van der Waals surface area contributed by atoms with Crippen molar-refractivity contribution < 1.29 is 9.52 Å². The van der Waals surface area contributed by atoms with Gasteiger partial charge in [0.1, 0.15) is 0 Å². The third kappa shape index (κ3) is 3.12. The average Bonchev–Trinajstić information content (AvgIpc) is 2.68. The number of furan rings is 1. The molecule has 1 aromatic rings. The molecule has 1 saturated carbocycles. The summed E-state index contributed by atoms with van der Waals surface area (Å²) in [5, 5.41) is 10.6. The average molecular weight is 236 g/mol. The number of hydrogen-bond acceptors (Lipinski definition) is 2. The molecule has 0 aromatic carbocycles. The summed E-state index contributed by atoms with van der Waals surface area (Å²) in [7, 11) is 0. The predicted molar refractivity (Wildman–Crippen MR) is 68.8 cm³/mol. The maximum atomic E-state index is 10.6. The molecular weight excluding hydrogens is 212 g/mol.